The molecule has 0 N–H and O–H groups in total. The van der Waals surface area contributed by atoms with E-state index in [-0.39, 0.29) is 12.4 Å². The van der Waals surface area contributed by atoms with Gasteiger partial charge >= 0.3 is 0 Å². The van der Waals surface area contributed by atoms with E-state index in [0.29, 0.717) is 17.5 Å². The number of fused-ring (bicyclic) bond motifs is 2. The number of hydrogen-bond donors (Lipinski definition) is 0. The minimum atomic E-state index is -0.117. The first-order chi connectivity index (χ1) is 13.7. The second-order valence-corrected chi connectivity index (χ2v) is 8.50. The van der Waals surface area contributed by atoms with Gasteiger partial charge in [-0.3, -0.25) is 9.69 Å². The second-order valence-electron chi connectivity index (χ2n) is 7.46. The standard InChI is InChI=1S/C20H22N4O3S/c1-13-8-19(25)24-20(21-13)28-18(22-24)11-23(15-4-2-3-5-15)10-14-6-7-16-17(9-14)27-12-26-16/h6-9,15H,2-5,10-12H2,1H3. The molecule has 2 aliphatic rings. The molecule has 3 aromatic rings. The number of ether oxygens (including phenoxy) is 2. The van der Waals surface area contributed by atoms with Gasteiger partial charge in [0.2, 0.25) is 11.8 Å². The Balaban J connectivity index is 1.42. The zero-order valence-corrected chi connectivity index (χ0v) is 16.6. The van der Waals surface area contributed by atoms with E-state index in [1.807, 2.05) is 13.0 Å². The molecular weight excluding hydrogens is 376 g/mol. The van der Waals surface area contributed by atoms with Crippen molar-refractivity contribution < 1.29 is 9.47 Å². The van der Waals surface area contributed by atoms with E-state index in [0.717, 1.165) is 28.7 Å². The molecule has 1 aliphatic heterocycles. The molecule has 28 heavy (non-hydrogen) atoms. The summed E-state index contributed by atoms with van der Waals surface area (Å²) in [5.41, 5.74) is 1.81. The molecule has 7 nitrogen and oxygen atoms in total. The molecule has 1 saturated carbocycles. The zero-order chi connectivity index (χ0) is 19.1. The predicted octanol–water partition coefficient (Wildman–Crippen LogP) is 3.13. The number of aryl methyl sites for hydroxylation is 1. The third-order valence-electron chi connectivity index (χ3n) is 5.42. The lowest BCUT2D eigenvalue weighted by atomic mass is 10.1. The number of nitrogens with zero attached hydrogens (tertiary/aromatic N) is 4. The first-order valence-electron chi connectivity index (χ1n) is 9.65. The first kappa shape index (κ1) is 17.6. The van der Waals surface area contributed by atoms with Gasteiger partial charge in [-0.05, 0) is 37.5 Å². The third-order valence-corrected chi connectivity index (χ3v) is 6.31. The SMILES string of the molecule is Cc1cc(=O)n2nc(CN(Cc3ccc4c(c3)OCO4)C3CCCC3)sc2n1. The fraction of sp³-hybridized carbons (Fsp3) is 0.450. The summed E-state index contributed by atoms with van der Waals surface area (Å²) in [5.74, 6) is 1.62. The van der Waals surface area contributed by atoms with Crippen molar-refractivity contribution in [3.63, 3.8) is 0 Å². The summed E-state index contributed by atoms with van der Waals surface area (Å²) in [5, 5.41) is 5.46. The normalized spacial score (nSPS) is 16.5. The maximum atomic E-state index is 12.2. The minimum Gasteiger partial charge on any atom is -0.454 e. The van der Waals surface area contributed by atoms with Crippen molar-refractivity contribution in [2.24, 2.45) is 0 Å². The monoisotopic (exact) mass is 398 g/mol. The van der Waals surface area contributed by atoms with Crippen LogP contribution >= 0.6 is 11.3 Å². The Morgan fingerprint density at radius 1 is 1.18 bits per heavy atom. The van der Waals surface area contributed by atoms with Crippen LogP contribution in [0.15, 0.2) is 29.1 Å². The van der Waals surface area contributed by atoms with Gasteiger partial charge in [-0.1, -0.05) is 30.2 Å². The van der Waals surface area contributed by atoms with Crippen LogP contribution in [0.1, 0.15) is 41.9 Å². The summed E-state index contributed by atoms with van der Waals surface area (Å²) < 4.78 is 12.4. The van der Waals surface area contributed by atoms with Crippen LogP contribution in [0, 0.1) is 6.92 Å². The Kier molecular flexibility index (Phi) is 4.52. The van der Waals surface area contributed by atoms with Crippen LogP contribution in [0.2, 0.25) is 0 Å². The molecule has 1 aromatic carbocycles. The van der Waals surface area contributed by atoms with Gasteiger partial charge in [0.25, 0.3) is 5.56 Å². The summed E-state index contributed by atoms with van der Waals surface area (Å²) in [7, 11) is 0. The quantitative estimate of drug-likeness (QED) is 0.658. The van der Waals surface area contributed by atoms with E-state index < -0.39 is 0 Å². The van der Waals surface area contributed by atoms with Crippen LogP contribution in [-0.4, -0.2) is 32.3 Å². The highest BCUT2D eigenvalue weighted by Gasteiger charge is 2.25. The van der Waals surface area contributed by atoms with Gasteiger partial charge in [0.1, 0.15) is 5.01 Å². The average molecular weight is 398 g/mol. The van der Waals surface area contributed by atoms with Crippen LogP contribution in [-0.2, 0) is 13.1 Å². The molecule has 3 heterocycles. The maximum Gasteiger partial charge on any atom is 0.275 e. The molecule has 0 radical (unpaired) electrons. The number of hydrogen-bond acceptors (Lipinski definition) is 7. The molecule has 0 saturated heterocycles. The van der Waals surface area contributed by atoms with Crippen LogP contribution in [0.4, 0.5) is 0 Å². The lowest BCUT2D eigenvalue weighted by Crippen LogP contribution is -2.32. The van der Waals surface area contributed by atoms with E-state index in [1.54, 1.807) is 0 Å². The van der Waals surface area contributed by atoms with Gasteiger partial charge in [-0.25, -0.2) is 4.98 Å². The van der Waals surface area contributed by atoms with E-state index in [9.17, 15) is 4.79 Å². The molecule has 146 valence electrons. The predicted molar refractivity (Wildman–Crippen MR) is 106 cm³/mol. The Morgan fingerprint density at radius 3 is 2.86 bits per heavy atom. The molecule has 2 aromatic heterocycles. The Labute approximate surface area is 166 Å². The number of benzene rings is 1. The summed E-state index contributed by atoms with van der Waals surface area (Å²) in [4.78, 5) is 19.8. The van der Waals surface area contributed by atoms with E-state index in [4.69, 9.17) is 9.47 Å². The van der Waals surface area contributed by atoms with Crippen LogP contribution in [0.25, 0.3) is 4.96 Å². The van der Waals surface area contributed by atoms with Crippen molar-refractivity contribution in [3.05, 3.63) is 50.9 Å². The summed E-state index contributed by atoms with van der Waals surface area (Å²) in [6.07, 6.45) is 4.93. The maximum absolute atomic E-state index is 12.2. The highest BCUT2D eigenvalue weighted by molar-refractivity contribution is 7.16. The third kappa shape index (κ3) is 3.38. The highest BCUT2D eigenvalue weighted by atomic mass is 32.1. The Morgan fingerprint density at radius 2 is 2.00 bits per heavy atom. The lowest BCUT2D eigenvalue weighted by Gasteiger charge is -2.28. The van der Waals surface area contributed by atoms with Gasteiger partial charge in [-0.2, -0.15) is 9.61 Å². The fourth-order valence-corrected chi connectivity index (χ4v) is 5.03. The van der Waals surface area contributed by atoms with E-state index >= 15 is 0 Å². The van der Waals surface area contributed by atoms with Crippen LogP contribution < -0.4 is 15.0 Å². The topological polar surface area (TPSA) is 69.0 Å². The zero-order valence-electron chi connectivity index (χ0n) is 15.8. The number of rotatable bonds is 5. The van der Waals surface area contributed by atoms with Crippen molar-refractivity contribution >= 4 is 16.3 Å². The molecule has 0 spiro atoms. The van der Waals surface area contributed by atoms with Gasteiger partial charge in [0, 0.05) is 24.3 Å². The lowest BCUT2D eigenvalue weighted by molar-refractivity contribution is 0.173. The summed E-state index contributed by atoms with van der Waals surface area (Å²) in [6.45, 7) is 3.66. The molecule has 0 bridgehead atoms. The Hall–Kier alpha value is -2.45. The van der Waals surface area contributed by atoms with Crippen molar-refractivity contribution in [2.75, 3.05) is 6.79 Å². The molecule has 0 amide bonds. The van der Waals surface area contributed by atoms with Crippen molar-refractivity contribution in [3.8, 4) is 11.5 Å². The molecule has 5 rings (SSSR count). The Bertz CT molecular complexity index is 1070. The summed E-state index contributed by atoms with van der Waals surface area (Å²) >= 11 is 1.50. The van der Waals surface area contributed by atoms with Crippen molar-refractivity contribution in [1.29, 1.82) is 0 Å². The van der Waals surface area contributed by atoms with Crippen molar-refractivity contribution in [1.82, 2.24) is 19.5 Å². The van der Waals surface area contributed by atoms with Crippen LogP contribution in [0.3, 0.4) is 0 Å². The van der Waals surface area contributed by atoms with E-state index in [1.165, 1.54) is 53.2 Å². The minimum absolute atomic E-state index is 0.117. The fourth-order valence-electron chi connectivity index (χ4n) is 4.05. The van der Waals surface area contributed by atoms with Gasteiger partial charge in [0.05, 0.1) is 6.54 Å². The number of aromatic nitrogens is 3. The molecule has 0 atom stereocenters. The van der Waals surface area contributed by atoms with Crippen molar-refractivity contribution in [2.45, 2.75) is 51.7 Å². The van der Waals surface area contributed by atoms with E-state index in [2.05, 4.69) is 27.1 Å². The molecular formula is C20H22N4O3S. The van der Waals surface area contributed by atoms with Crippen LogP contribution in [0.5, 0.6) is 11.5 Å². The largest absolute Gasteiger partial charge is 0.454 e. The summed E-state index contributed by atoms with van der Waals surface area (Å²) in [6, 6.07) is 8.21. The highest BCUT2D eigenvalue weighted by Crippen LogP contribution is 2.34. The smallest absolute Gasteiger partial charge is 0.275 e. The van der Waals surface area contributed by atoms with Gasteiger partial charge in [0.15, 0.2) is 11.5 Å². The van der Waals surface area contributed by atoms with Gasteiger partial charge < -0.3 is 9.47 Å². The molecule has 1 aliphatic carbocycles. The molecule has 8 heteroatoms. The second kappa shape index (κ2) is 7.18. The first-order valence-corrected chi connectivity index (χ1v) is 10.5. The molecule has 0 unspecified atom stereocenters. The molecule has 1 fully saturated rings. The van der Waals surface area contributed by atoms with Gasteiger partial charge in [-0.15, -0.1) is 0 Å². The average Bonchev–Trinajstić information content (AvgIpc) is 3.41.